The highest BCUT2D eigenvalue weighted by molar-refractivity contribution is 14.1. The van der Waals surface area contributed by atoms with E-state index in [0.29, 0.717) is 18.7 Å². The number of anilines is 1. The molecule has 2 amide bonds. The number of halogens is 1. The number of nitrogens with zero attached hydrogens (tertiary/aromatic N) is 2. The zero-order valence-corrected chi connectivity index (χ0v) is 24.2. The smallest absolute Gasteiger partial charge is 0.244 e. The number of nitrogens with one attached hydrogen (secondary N) is 1. The van der Waals surface area contributed by atoms with E-state index in [1.54, 1.807) is 24.3 Å². The summed E-state index contributed by atoms with van der Waals surface area (Å²) in [6, 6.07) is 23.3. The Labute approximate surface area is 233 Å². The molecule has 196 valence electrons. The van der Waals surface area contributed by atoms with Crippen LogP contribution in [0.3, 0.4) is 0 Å². The molecule has 0 saturated heterocycles. The molecule has 0 aliphatic carbocycles. The third-order valence-corrected chi connectivity index (χ3v) is 7.88. The Morgan fingerprint density at radius 2 is 1.57 bits per heavy atom. The average Bonchev–Trinajstić information content (AvgIpc) is 2.86. The van der Waals surface area contributed by atoms with Crippen molar-refractivity contribution in [1.29, 1.82) is 0 Å². The van der Waals surface area contributed by atoms with E-state index in [1.807, 2.05) is 68.4 Å². The summed E-state index contributed by atoms with van der Waals surface area (Å²) in [5.74, 6) is -0.743. The number of amides is 2. The molecule has 3 aromatic carbocycles. The Balaban J connectivity index is 2.04. The molecular formula is C28H32IN3O4S. The molecule has 0 spiro atoms. The average molecular weight is 634 g/mol. The van der Waals surface area contributed by atoms with Gasteiger partial charge in [-0.1, -0.05) is 54.6 Å². The molecule has 0 aliphatic rings. The van der Waals surface area contributed by atoms with Crippen molar-refractivity contribution in [1.82, 2.24) is 10.2 Å². The number of rotatable bonds is 11. The molecule has 0 aliphatic heterocycles. The summed E-state index contributed by atoms with van der Waals surface area (Å²) in [7, 11) is -3.77. The van der Waals surface area contributed by atoms with Gasteiger partial charge in [-0.05, 0) is 77.4 Å². The SMILES string of the molecule is CCNC(=O)[C@H](Cc1ccccc1)N(Cc1ccccc1C)C(=O)CN(c1ccc(I)cc1)S(C)(=O)=O. The number of hydrogen-bond donors (Lipinski definition) is 1. The third-order valence-electron chi connectivity index (χ3n) is 6.02. The van der Waals surface area contributed by atoms with E-state index in [2.05, 4.69) is 27.9 Å². The van der Waals surface area contributed by atoms with Gasteiger partial charge in [0.25, 0.3) is 0 Å². The lowest BCUT2D eigenvalue weighted by atomic mass is 10.0. The van der Waals surface area contributed by atoms with E-state index in [4.69, 9.17) is 0 Å². The van der Waals surface area contributed by atoms with Crippen LogP contribution >= 0.6 is 22.6 Å². The lowest BCUT2D eigenvalue weighted by molar-refractivity contribution is -0.140. The van der Waals surface area contributed by atoms with Gasteiger partial charge in [0.1, 0.15) is 12.6 Å². The number of aryl methyl sites for hydroxylation is 1. The van der Waals surface area contributed by atoms with Crippen LogP contribution in [0.25, 0.3) is 0 Å². The Kier molecular flexibility index (Phi) is 10.1. The van der Waals surface area contributed by atoms with Crippen molar-refractivity contribution in [2.45, 2.75) is 32.9 Å². The van der Waals surface area contributed by atoms with Gasteiger partial charge >= 0.3 is 0 Å². The van der Waals surface area contributed by atoms with E-state index in [0.717, 1.165) is 30.8 Å². The van der Waals surface area contributed by atoms with Gasteiger partial charge in [0, 0.05) is 23.1 Å². The molecule has 9 heteroatoms. The normalized spacial score (nSPS) is 12.0. The molecule has 0 aromatic heterocycles. The van der Waals surface area contributed by atoms with Crippen molar-refractivity contribution in [2.24, 2.45) is 0 Å². The second kappa shape index (κ2) is 13.0. The lowest BCUT2D eigenvalue weighted by Gasteiger charge is -2.33. The Morgan fingerprint density at radius 3 is 2.16 bits per heavy atom. The number of sulfonamides is 1. The number of carbonyl (C=O) groups is 2. The van der Waals surface area contributed by atoms with E-state index < -0.39 is 28.5 Å². The van der Waals surface area contributed by atoms with Crippen LogP contribution in [0, 0.1) is 10.5 Å². The molecule has 37 heavy (non-hydrogen) atoms. The zero-order chi connectivity index (χ0) is 27.0. The molecule has 0 unspecified atom stereocenters. The van der Waals surface area contributed by atoms with Crippen LogP contribution in [-0.2, 0) is 32.6 Å². The summed E-state index contributed by atoms with van der Waals surface area (Å²) < 4.78 is 27.6. The molecular weight excluding hydrogens is 601 g/mol. The van der Waals surface area contributed by atoms with Gasteiger partial charge in [-0.2, -0.15) is 0 Å². The highest BCUT2D eigenvalue weighted by atomic mass is 127. The first-order valence-corrected chi connectivity index (χ1v) is 14.9. The van der Waals surface area contributed by atoms with Crippen molar-refractivity contribution in [3.63, 3.8) is 0 Å². The minimum atomic E-state index is -3.77. The second-order valence-electron chi connectivity index (χ2n) is 8.79. The Hall–Kier alpha value is -2.92. The molecule has 0 radical (unpaired) electrons. The number of benzene rings is 3. The fraction of sp³-hybridized carbons (Fsp3) is 0.286. The molecule has 1 atom stereocenters. The molecule has 0 heterocycles. The van der Waals surface area contributed by atoms with E-state index in [9.17, 15) is 18.0 Å². The summed E-state index contributed by atoms with van der Waals surface area (Å²) in [5.41, 5.74) is 3.16. The second-order valence-corrected chi connectivity index (χ2v) is 11.9. The highest BCUT2D eigenvalue weighted by Crippen LogP contribution is 2.22. The molecule has 7 nitrogen and oxygen atoms in total. The molecule has 3 rings (SSSR count). The predicted octanol–water partition coefficient (Wildman–Crippen LogP) is 4.14. The Morgan fingerprint density at radius 1 is 0.946 bits per heavy atom. The first kappa shape index (κ1) is 28.6. The summed E-state index contributed by atoms with van der Waals surface area (Å²) in [6.45, 7) is 3.94. The molecule has 3 aromatic rings. The minimum Gasteiger partial charge on any atom is -0.355 e. The van der Waals surface area contributed by atoms with Crippen molar-refractivity contribution in [3.8, 4) is 0 Å². The first-order chi connectivity index (χ1) is 17.6. The predicted molar refractivity (Wildman–Crippen MR) is 156 cm³/mol. The molecule has 0 fully saturated rings. The van der Waals surface area contributed by atoms with Gasteiger partial charge in [0.05, 0.1) is 11.9 Å². The maximum absolute atomic E-state index is 13.9. The van der Waals surface area contributed by atoms with Crippen LogP contribution in [0.5, 0.6) is 0 Å². The summed E-state index contributed by atoms with van der Waals surface area (Å²) in [5, 5.41) is 2.86. The zero-order valence-electron chi connectivity index (χ0n) is 21.2. The monoisotopic (exact) mass is 633 g/mol. The number of hydrogen-bond acceptors (Lipinski definition) is 4. The van der Waals surface area contributed by atoms with Gasteiger partial charge < -0.3 is 10.2 Å². The summed E-state index contributed by atoms with van der Waals surface area (Å²) in [4.78, 5) is 28.8. The standard InChI is InChI=1S/C28H32IN3O4S/c1-4-30-28(34)26(18-22-11-6-5-7-12-22)31(19-23-13-9-8-10-21(23)2)27(33)20-32(37(3,35)36)25-16-14-24(29)15-17-25/h5-17,26H,4,18-20H2,1-3H3,(H,30,34)/t26-/m0/s1. The van der Waals surface area contributed by atoms with Crippen molar-refractivity contribution in [3.05, 3.63) is 99.1 Å². The van der Waals surface area contributed by atoms with Gasteiger partial charge in [0.15, 0.2) is 0 Å². The van der Waals surface area contributed by atoms with Crippen LogP contribution < -0.4 is 9.62 Å². The van der Waals surface area contributed by atoms with Crippen molar-refractivity contribution >= 4 is 50.1 Å². The minimum absolute atomic E-state index is 0.171. The maximum atomic E-state index is 13.9. The van der Waals surface area contributed by atoms with Gasteiger partial charge in [-0.3, -0.25) is 13.9 Å². The van der Waals surface area contributed by atoms with Crippen LogP contribution in [0.4, 0.5) is 5.69 Å². The molecule has 0 bridgehead atoms. The highest BCUT2D eigenvalue weighted by Gasteiger charge is 2.33. The van der Waals surface area contributed by atoms with Crippen LogP contribution in [-0.4, -0.2) is 50.5 Å². The van der Waals surface area contributed by atoms with Crippen molar-refractivity contribution in [2.75, 3.05) is 23.7 Å². The number of likely N-dealkylation sites (N-methyl/N-ethyl adjacent to an activating group) is 1. The summed E-state index contributed by atoms with van der Waals surface area (Å²) >= 11 is 2.14. The van der Waals surface area contributed by atoms with Crippen molar-refractivity contribution < 1.29 is 18.0 Å². The first-order valence-electron chi connectivity index (χ1n) is 12.0. The van der Waals surface area contributed by atoms with Crippen LogP contribution in [0.15, 0.2) is 78.9 Å². The van der Waals surface area contributed by atoms with Crippen LogP contribution in [0.2, 0.25) is 0 Å². The topological polar surface area (TPSA) is 86.8 Å². The lowest BCUT2D eigenvalue weighted by Crippen LogP contribution is -2.53. The Bertz CT molecular complexity index is 1310. The third kappa shape index (κ3) is 8.03. The fourth-order valence-corrected chi connectivity index (χ4v) is 5.25. The van der Waals surface area contributed by atoms with E-state index in [-0.39, 0.29) is 12.5 Å². The maximum Gasteiger partial charge on any atom is 0.244 e. The largest absolute Gasteiger partial charge is 0.355 e. The number of carbonyl (C=O) groups excluding carboxylic acids is 2. The molecule has 1 N–H and O–H groups in total. The van der Waals surface area contributed by atoms with Gasteiger partial charge in [-0.25, -0.2) is 8.42 Å². The molecule has 0 saturated carbocycles. The quantitative estimate of drug-likeness (QED) is 0.322. The van der Waals surface area contributed by atoms with Crippen LogP contribution in [0.1, 0.15) is 23.6 Å². The van der Waals surface area contributed by atoms with Gasteiger partial charge in [-0.15, -0.1) is 0 Å². The van der Waals surface area contributed by atoms with Gasteiger partial charge in [0.2, 0.25) is 21.8 Å². The summed E-state index contributed by atoms with van der Waals surface area (Å²) in [6.07, 6.45) is 1.38. The van der Waals surface area contributed by atoms with E-state index in [1.165, 1.54) is 4.90 Å². The van der Waals surface area contributed by atoms with E-state index >= 15 is 0 Å². The fourth-order valence-electron chi connectivity index (χ4n) is 4.04.